The molecule has 0 saturated carbocycles. The summed E-state index contributed by atoms with van der Waals surface area (Å²) in [5, 5.41) is 9.18. The van der Waals surface area contributed by atoms with Crippen molar-refractivity contribution >= 4 is 56.2 Å². The zero-order valence-electron chi connectivity index (χ0n) is 17.3. The van der Waals surface area contributed by atoms with Crippen LogP contribution in [0.1, 0.15) is 40.2 Å². The predicted molar refractivity (Wildman–Crippen MR) is 133 cm³/mol. The minimum Gasteiger partial charge on any atom is -0.352 e. The highest BCUT2D eigenvalue weighted by Gasteiger charge is 2.40. The number of hydrogen-bond acceptors (Lipinski definition) is 4. The first kappa shape index (κ1) is 21.9. The number of rotatable bonds is 6. The molecule has 1 amide bonds. The van der Waals surface area contributed by atoms with Crippen LogP contribution in [0.15, 0.2) is 58.5 Å². The Balaban J connectivity index is 1.52. The molecule has 1 fully saturated rings. The second kappa shape index (κ2) is 9.46. The fourth-order valence-corrected chi connectivity index (χ4v) is 5.67. The van der Waals surface area contributed by atoms with Crippen molar-refractivity contribution in [2.75, 3.05) is 11.9 Å². The smallest absolute Gasteiger partial charge is 0.226 e. The normalized spacial score (nSPS) is 18.2. The summed E-state index contributed by atoms with van der Waals surface area (Å²) in [7, 11) is 0. The van der Waals surface area contributed by atoms with Crippen molar-refractivity contribution in [3.8, 4) is 0 Å². The lowest BCUT2D eigenvalue weighted by molar-refractivity contribution is -0.116. The molecule has 1 aromatic carbocycles. The van der Waals surface area contributed by atoms with E-state index < -0.39 is 0 Å². The molecule has 5 nitrogen and oxygen atoms in total. The first-order valence-corrected chi connectivity index (χ1v) is 12.1. The average molecular weight is 516 g/mol. The number of benzene rings is 1. The molecule has 8 heteroatoms. The first-order chi connectivity index (χ1) is 14.9. The van der Waals surface area contributed by atoms with Crippen molar-refractivity contribution in [1.82, 2.24) is 15.2 Å². The molecule has 3 aromatic rings. The van der Waals surface area contributed by atoms with E-state index in [1.165, 1.54) is 4.88 Å². The van der Waals surface area contributed by atoms with Crippen LogP contribution in [0.2, 0.25) is 0 Å². The van der Waals surface area contributed by atoms with E-state index in [1.807, 2.05) is 50.2 Å². The lowest BCUT2D eigenvalue weighted by Gasteiger charge is -2.26. The predicted octanol–water partition coefficient (Wildman–Crippen LogP) is 5.52. The Labute approximate surface area is 200 Å². The third kappa shape index (κ3) is 4.97. The van der Waals surface area contributed by atoms with Gasteiger partial charge in [-0.3, -0.25) is 9.78 Å². The van der Waals surface area contributed by atoms with Crippen LogP contribution in [0.5, 0.6) is 0 Å². The molecule has 4 rings (SSSR count). The second-order valence-electron chi connectivity index (χ2n) is 7.60. The maximum atomic E-state index is 12.7. The van der Waals surface area contributed by atoms with Crippen LogP contribution in [0.4, 0.5) is 5.69 Å². The summed E-state index contributed by atoms with van der Waals surface area (Å²) >= 11 is 10.9. The van der Waals surface area contributed by atoms with Gasteiger partial charge in [0.05, 0.1) is 17.8 Å². The van der Waals surface area contributed by atoms with Crippen LogP contribution >= 0.6 is 39.5 Å². The van der Waals surface area contributed by atoms with Crippen LogP contribution in [0, 0.1) is 13.8 Å². The number of aromatic nitrogens is 1. The molecule has 160 valence electrons. The number of pyridine rings is 1. The highest BCUT2D eigenvalue weighted by Crippen LogP contribution is 2.41. The molecule has 31 heavy (non-hydrogen) atoms. The number of nitrogens with one attached hydrogen (secondary N) is 2. The molecule has 1 saturated heterocycles. The van der Waals surface area contributed by atoms with Crippen LogP contribution in [0.3, 0.4) is 0 Å². The third-order valence-corrected chi connectivity index (χ3v) is 7.44. The highest BCUT2D eigenvalue weighted by atomic mass is 79.9. The molecular weight excluding hydrogens is 492 g/mol. The van der Waals surface area contributed by atoms with Gasteiger partial charge in [0.15, 0.2) is 5.11 Å². The van der Waals surface area contributed by atoms with Crippen molar-refractivity contribution in [3.63, 3.8) is 0 Å². The summed E-state index contributed by atoms with van der Waals surface area (Å²) < 4.78 is 1.04. The molecule has 1 aliphatic heterocycles. The fraction of sp³-hybridized carbons (Fsp3) is 0.261. The average Bonchev–Trinajstić information content (AvgIpc) is 3.32. The van der Waals surface area contributed by atoms with E-state index in [9.17, 15) is 4.79 Å². The first-order valence-electron chi connectivity index (χ1n) is 10.0. The largest absolute Gasteiger partial charge is 0.352 e. The molecule has 0 unspecified atom stereocenters. The molecular formula is C23H23BrN4OS2. The Hall–Kier alpha value is -2.29. The van der Waals surface area contributed by atoms with Crippen molar-refractivity contribution in [1.29, 1.82) is 0 Å². The summed E-state index contributed by atoms with van der Waals surface area (Å²) in [4.78, 5) is 20.5. The molecule has 2 aromatic heterocycles. The van der Waals surface area contributed by atoms with Crippen LogP contribution in [0.25, 0.3) is 0 Å². The van der Waals surface area contributed by atoms with E-state index in [0.29, 0.717) is 18.1 Å². The lowest BCUT2D eigenvalue weighted by Crippen LogP contribution is -2.32. The lowest BCUT2D eigenvalue weighted by atomic mass is 10.0. The zero-order valence-corrected chi connectivity index (χ0v) is 20.5. The number of aryl methyl sites for hydroxylation is 2. The van der Waals surface area contributed by atoms with E-state index >= 15 is 0 Å². The van der Waals surface area contributed by atoms with Gasteiger partial charge in [0.2, 0.25) is 5.91 Å². The molecule has 0 aliphatic carbocycles. The molecule has 0 radical (unpaired) electrons. The quantitative estimate of drug-likeness (QED) is 0.424. The maximum absolute atomic E-state index is 12.7. The number of thiocarbonyl (C=S) groups is 1. The van der Waals surface area contributed by atoms with Crippen molar-refractivity contribution in [3.05, 3.63) is 80.2 Å². The van der Waals surface area contributed by atoms with Crippen molar-refractivity contribution in [2.45, 2.75) is 32.4 Å². The maximum Gasteiger partial charge on any atom is 0.226 e. The number of hydrogen-bond donors (Lipinski definition) is 2. The van der Waals surface area contributed by atoms with Crippen LogP contribution in [-0.2, 0) is 4.79 Å². The van der Waals surface area contributed by atoms with Gasteiger partial charge in [-0.25, -0.2) is 0 Å². The number of nitrogens with zero attached hydrogens (tertiary/aromatic N) is 2. The third-order valence-electron chi connectivity index (χ3n) is 5.32. The second-order valence-corrected chi connectivity index (χ2v) is 9.85. The Kier molecular flexibility index (Phi) is 6.69. The van der Waals surface area contributed by atoms with Crippen molar-refractivity contribution in [2.24, 2.45) is 0 Å². The number of thiophene rings is 1. The number of halogens is 1. The minimum atomic E-state index is -0.0682. The van der Waals surface area contributed by atoms with E-state index in [4.69, 9.17) is 12.2 Å². The van der Waals surface area contributed by atoms with Gasteiger partial charge in [-0.1, -0.05) is 18.2 Å². The number of carbonyl (C=O) groups excluding carboxylic acids is 1. The van der Waals surface area contributed by atoms with Gasteiger partial charge < -0.3 is 15.5 Å². The number of carbonyl (C=O) groups is 1. The van der Waals surface area contributed by atoms with Gasteiger partial charge in [-0.15, -0.1) is 11.3 Å². The Bertz CT molecular complexity index is 1100. The van der Waals surface area contributed by atoms with E-state index in [0.717, 1.165) is 27.0 Å². The number of amides is 1. The van der Waals surface area contributed by atoms with E-state index in [-0.39, 0.29) is 18.0 Å². The molecule has 1 aliphatic rings. The van der Waals surface area contributed by atoms with E-state index in [2.05, 4.69) is 47.9 Å². The summed E-state index contributed by atoms with van der Waals surface area (Å²) in [6, 6.07) is 14.0. The SMILES string of the molecule is Cc1ccc(C)c(NC(=O)CCN2C(=S)N[C@H](c3ccccn3)[C@H]2c2cc(Br)cs2)c1. The fourth-order valence-electron chi connectivity index (χ4n) is 3.74. The van der Waals surface area contributed by atoms with Crippen LogP contribution in [-0.4, -0.2) is 27.4 Å². The Morgan fingerprint density at radius 3 is 2.84 bits per heavy atom. The summed E-state index contributed by atoms with van der Waals surface area (Å²) in [5.74, 6) is -0.0242. The molecule has 0 bridgehead atoms. The van der Waals surface area contributed by atoms with Gasteiger partial charge in [0.25, 0.3) is 0 Å². The molecule has 2 atom stereocenters. The van der Waals surface area contributed by atoms with Gasteiger partial charge in [0, 0.05) is 39.6 Å². The van der Waals surface area contributed by atoms with E-state index in [1.54, 1.807) is 17.5 Å². The van der Waals surface area contributed by atoms with Crippen molar-refractivity contribution < 1.29 is 4.79 Å². The Morgan fingerprint density at radius 1 is 1.29 bits per heavy atom. The van der Waals surface area contributed by atoms with Gasteiger partial charge in [-0.2, -0.15) is 0 Å². The monoisotopic (exact) mass is 514 g/mol. The zero-order chi connectivity index (χ0) is 22.0. The Morgan fingerprint density at radius 2 is 2.13 bits per heavy atom. The molecule has 2 N–H and O–H groups in total. The summed E-state index contributed by atoms with van der Waals surface area (Å²) in [6.45, 7) is 4.54. The molecule has 0 spiro atoms. The van der Waals surface area contributed by atoms with Crippen LogP contribution < -0.4 is 10.6 Å². The molecule has 3 heterocycles. The summed E-state index contributed by atoms with van der Waals surface area (Å²) in [6.07, 6.45) is 2.13. The minimum absolute atomic E-state index is 0.0211. The topological polar surface area (TPSA) is 57.3 Å². The van der Waals surface area contributed by atoms with Gasteiger partial charge >= 0.3 is 0 Å². The standard InChI is InChI=1S/C23H23BrN4OS2/c1-14-6-7-15(2)18(11-14)26-20(29)8-10-28-22(19-12-16(24)13-31-19)21(27-23(28)30)17-5-3-4-9-25-17/h3-7,9,11-13,21-22H,8,10H2,1-2H3,(H,26,29)(H,27,30)/t21-,22-/m1/s1. The number of anilines is 1. The van der Waals surface area contributed by atoms with Gasteiger partial charge in [-0.05, 0) is 77.4 Å². The summed E-state index contributed by atoms with van der Waals surface area (Å²) in [5.41, 5.74) is 3.96. The van der Waals surface area contributed by atoms with Gasteiger partial charge in [0.1, 0.15) is 0 Å². The highest BCUT2D eigenvalue weighted by molar-refractivity contribution is 9.10.